The monoisotopic (exact) mass is 368 g/mol. The van der Waals surface area contributed by atoms with Gasteiger partial charge in [0, 0.05) is 22.7 Å². The number of aromatic amines is 1. The lowest BCUT2D eigenvalue weighted by Crippen LogP contribution is -2.31. The van der Waals surface area contributed by atoms with Gasteiger partial charge in [-0.1, -0.05) is 0 Å². The molecular formula is C18H17FN6O2. The van der Waals surface area contributed by atoms with E-state index in [1.807, 2.05) is 0 Å². The standard InChI is InChI=1S/C18H17FN6O2/c19-8-1-2-13-11(3-8)12(6-21-13)16(27)15-14-17(20)22-7-23-18(14)25(24-15)9-4-10(26)5-9/h1-3,6-7,9-10,16,21,26-27H,4-5H2,(H2,20,22,23). The normalized spacial score (nSPS) is 20.9. The minimum Gasteiger partial charge on any atom is -0.393 e. The highest BCUT2D eigenvalue weighted by Crippen LogP contribution is 2.38. The minimum absolute atomic E-state index is 0.0156. The summed E-state index contributed by atoms with van der Waals surface area (Å²) < 4.78 is 15.4. The number of nitrogen functional groups attached to an aromatic ring is 1. The molecule has 3 aromatic heterocycles. The molecule has 5 rings (SSSR count). The lowest BCUT2D eigenvalue weighted by atomic mass is 9.90. The van der Waals surface area contributed by atoms with Crippen molar-refractivity contribution in [3.05, 3.63) is 47.8 Å². The Morgan fingerprint density at radius 3 is 2.89 bits per heavy atom. The average Bonchev–Trinajstić information content (AvgIpc) is 3.20. The van der Waals surface area contributed by atoms with Crippen molar-refractivity contribution < 1.29 is 14.6 Å². The summed E-state index contributed by atoms with van der Waals surface area (Å²) in [5.74, 6) is -0.177. The van der Waals surface area contributed by atoms with E-state index in [1.165, 1.54) is 18.5 Å². The maximum Gasteiger partial charge on any atom is 0.163 e. The second-order valence-corrected chi connectivity index (χ2v) is 6.90. The second-order valence-electron chi connectivity index (χ2n) is 6.90. The summed E-state index contributed by atoms with van der Waals surface area (Å²) in [6.07, 6.45) is 2.61. The summed E-state index contributed by atoms with van der Waals surface area (Å²) in [5.41, 5.74) is 8.08. The zero-order valence-corrected chi connectivity index (χ0v) is 14.2. The minimum atomic E-state index is -1.14. The van der Waals surface area contributed by atoms with Gasteiger partial charge >= 0.3 is 0 Å². The first kappa shape index (κ1) is 16.2. The maximum absolute atomic E-state index is 13.7. The molecule has 1 saturated carbocycles. The second kappa shape index (κ2) is 5.73. The van der Waals surface area contributed by atoms with Gasteiger partial charge in [-0.2, -0.15) is 5.10 Å². The van der Waals surface area contributed by atoms with E-state index in [0.29, 0.717) is 46.0 Å². The number of nitrogens with two attached hydrogens (primary N) is 1. The third kappa shape index (κ3) is 2.39. The van der Waals surface area contributed by atoms with Gasteiger partial charge in [-0.05, 0) is 31.0 Å². The van der Waals surface area contributed by atoms with Crippen LogP contribution in [-0.4, -0.2) is 41.0 Å². The molecule has 3 heterocycles. The van der Waals surface area contributed by atoms with Crippen molar-refractivity contribution in [1.29, 1.82) is 0 Å². The Hall–Kier alpha value is -3.04. The van der Waals surface area contributed by atoms with Crippen LogP contribution in [0.4, 0.5) is 10.2 Å². The van der Waals surface area contributed by atoms with Crippen LogP contribution in [0, 0.1) is 5.82 Å². The lowest BCUT2D eigenvalue weighted by molar-refractivity contribution is 0.0445. The Bertz CT molecular complexity index is 1160. The number of nitrogens with one attached hydrogen (secondary N) is 1. The van der Waals surface area contributed by atoms with Crippen molar-refractivity contribution in [3.63, 3.8) is 0 Å². The quantitative estimate of drug-likeness (QED) is 0.437. The molecule has 4 aromatic rings. The number of rotatable bonds is 3. The molecule has 0 radical (unpaired) electrons. The first-order chi connectivity index (χ1) is 13.0. The topological polar surface area (TPSA) is 126 Å². The van der Waals surface area contributed by atoms with Gasteiger partial charge in [0.25, 0.3) is 0 Å². The van der Waals surface area contributed by atoms with Crippen LogP contribution in [0.1, 0.15) is 36.2 Å². The summed E-state index contributed by atoms with van der Waals surface area (Å²) in [5, 5.41) is 26.3. The first-order valence-electron chi connectivity index (χ1n) is 8.64. The molecule has 0 bridgehead atoms. The molecule has 1 aromatic carbocycles. The SMILES string of the molecule is Nc1ncnc2c1c(C(O)c1c[nH]c3ccc(F)cc13)nn2C1CC(O)C1. The number of aromatic nitrogens is 5. The van der Waals surface area contributed by atoms with Crippen molar-refractivity contribution >= 4 is 27.8 Å². The van der Waals surface area contributed by atoms with Crippen LogP contribution in [0.3, 0.4) is 0 Å². The first-order valence-corrected chi connectivity index (χ1v) is 8.64. The van der Waals surface area contributed by atoms with Gasteiger partial charge in [0.05, 0.1) is 17.5 Å². The zero-order valence-electron chi connectivity index (χ0n) is 14.2. The average molecular weight is 368 g/mol. The zero-order chi connectivity index (χ0) is 18.7. The number of aliphatic hydroxyl groups excluding tert-OH is 2. The number of hydrogen-bond acceptors (Lipinski definition) is 6. The molecular weight excluding hydrogens is 351 g/mol. The molecule has 138 valence electrons. The van der Waals surface area contributed by atoms with E-state index in [9.17, 15) is 14.6 Å². The Morgan fingerprint density at radius 2 is 2.11 bits per heavy atom. The maximum atomic E-state index is 13.7. The summed E-state index contributed by atoms with van der Waals surface area (Å²) in [7, 11) is 0. The summed E-state index contributed by atoms with van der Waals surface area (Å²) in [6, 6.07) is 4.32. The molecule has 8 nitrogen and oxygen atoms in total. The number of H-pyrrole nitrogens is 1. The van der Waals surface area contributed by atoms with E-state index in [4.69, 9.17) is 5.73 Å². The third-order valence-corrected chi connectivity index (χ3v) is 5.21. The highest BCUT2D eigenvalue weighted by Gasteiger charge is 2.33. The van der Waals surface area contributed by atoms with Gasteiger partial charge in [0.2, 0.25) is 0 Å². The number of aliphatic hydroxyl groups is 2. The molecule has 27 heavy (non-hydrogen) atoms. The van der Waals surface area contributed by atoms with Crippen LogP contribution in [0.5, 0.6) is 0 Å². The molecule has 0 aliphatic heterocycles. The molecule has 9 heteroatoms. The summed E-state index contributed by atoms with van der Waals surface area (Å²) >= 11 is 0. The van der Waals surface area contributed by atoms with Crippen molar-refractivity contribution in [3.8, 4) is 0 Å². The smallest absolute Gasteiger partial charge is 0.163 e. The molecule has 0 saturated heterocycles. The number of fused-ring (bicyclic) bond motifs is 2. The molecule has 1 unspecified atom stereocenters. The number of benzene rings is 1. The van der Waals surface area contributed by atoms with E-state index in [0.717, 1.165) is 0 Å². The predicted octanol–water partition coefficient (Wildman–Crippen LogP) is 1.81. The van der Waals surface area contributed by atoms with Crippen LogP contribution >= 0.6 is 0 Å². The van der Waals surface area contributed by atoms with E-state index in [1.54, 1.807) is 16.9 Å². The van der Waals surface area contributed by atoms with Gasteiger partial charge < -0.3 is 20.9 Å². The van der Waals surface area contributed by atoms with Crippen LogP contribution in [0.25, 0.3) is 21.9 Å². The van der Waals surface area contributed by atoms with Gasteiger partial charge in [-0.3, -0.25) is 0 Å². The molecule has 0 spiro atoms. The largest absolute Gasteiger partial charge is 0.393 e. The third-order valence-electron chi connectivity index (χ3n) is 5.21. The van der Waals surface area contributed by atoms with Crippen molar-refractivity contribution in [2.24, 2.45) is 0 Å². The number of halogens is 1. The molecule has 1 fully saturated rings. The Morgan fingerprint density at radius 1 is 1.30 bits per heavy atom. The van der Waals surface area contributed by atoms with Crippen LogP contribution in [0.15, 0.2) is 30.7 Å². The fourth-order valence-electron chi connectivity index (χ4n) is 3.72. The molecule has 5 N–H and O–H groups in total. The summed E-state index contributed by atoms with van der Waals surface area (Å²) in [6.45, 7) is 0. The van der Waals surface area contributed by atoms with Crippen molar-refractivity contribution in [1.82, 2.24) is 24.7 Å². The van der Waals surface area contributed by atoms with Gasteiger partial charge in [0.1, 0.15) is 29.8 Å². The highest BCUT2D eigenvalue weighted by atomic mass is 19.1. The molecule has 0 amide bonds. The van der Waals surface area contributed by atoms with E-state index in [2.05, 4.69) is 20.1 Å². The van der Waals surface area contributed by atoms with Gasteiger partial charge in [-0.25, -0.2) is 19.0 Å². The number of anilines is 1. The fourth-order valence-corrected chi connectivity index (χ4v) is 3.72. The molecule has 1 atom stereocenters. The van der Waals surface area contributed by atoms with Crippen LogP contribution in [0.2, 0.25) is 0 Å². The summed E-state index contributed by atoms with van der Waals surface area (Å²) in [4.78, 5) is 11.3. The Balaban J connectivity index is 1.68. The Labute approximate surface area is 152 Å². The van der Waals surface area contributed by atoms with E-state index < -0.39 is 11.9 Å². The lowest BCUT2D eigenvalue weighted by Gasteiger charge is -2.31. The van der Waals surface area contributed by atoms with E-state index >= 15 is 0 Å². The fraction of sp³-hybridized carbons (Fsp3) is 0.278. The Kier molecular flexibility index (Phi) is 3.43. The van der Waals surface area contributed by atoms with Gasteiger partial charge in [0.15, 0.2) is 5.65 Å². The predicted molar refractivity (Wildman–Crippen MR) is 96.3 cm³/mol. The van der Waals surface area contributed by atoms with Crippen LogP contribution in [-0.2, 0) is 0 Å². The number of hydrogen-bond donors (Lipinski definition) is 4. The molecule has 1 aliphatic rings. The van der Waals surface area contributed by atoms with Gasteiger partial charge in [-0.15, -0.1) is 0 Å². The van der Waals surface area contributed by atoms with E-state index in [-0.39, 0.29) is 18.0 Å². The molecule has 1 aliphatic carbocycles. The van der Waals surface area contributed by atoms with Crippen molar-refractivity contribution in [2.75, 3.05) is 5.73 Å². The number of nitrogens with zero attached hydrogens (tertiary/aromatic N) is 4. The van der Waals surface area contributed by atoms with Crippen LogP contribution < -0.4 is 5.73 Å². The van der Waals surface area contributed by atoms with Crippen molar-refractivity contribution in [2.45, 2.75) is 31.1 Å². The highest BCUT2D eigenvalue weighted by molar-refractivity contribution is 5.90.